The molecule has 1 unspecified atom stereocenters. The third-order valence-electron chi connectivity index (χ3n) is 4.29. The number of nitrogens with zero attached hydrogens (tertiary/aromatic N) is 4. The molecule has 1 amide bonds. The normalized spacial score (nSPS) is 11.7. The number of amides is 1. The molecule has 1 atom stereocenters. The maximum absolute atomic E-state index is 13.2. The van der Waals surface area contributed by atoms with Gasteiger partial charge in [0.2, 0.25) is 0 Å². The third kappa shape index (κ3) is 5.13. The lowest BCUT2D eigenvalue weighted by molar-refractivity contribution is -0.152. The van der Waals surface area contributed by atoms with Gasteiger partial charge < -0.3 is 10.1 Å². The van der Waals surface area contributed by atoms with E-state index in [2.05, 4.69) is 25.1 Å². The van der Waals surface area contributed by atoms with E-state index in [1.54, 1.807) is 30.3 Å². The summed E-state index contributed by atoms with van der Waals surface area (Å²) in [6.07, 6.45) is 3.38. The Balaban J connectivity index is 1.94. The van der Waals surface area contributed by atoms with Crippen LogP contribution in [-0.2, 0) is 20.7 Å². The molecule has 0 fully saturated rings. The Morgan fingerprint density at radius 1 is 1.16 bits per heavy atom. The highest BCUT2D eigenvalue weighted by Gasteiger charge is 2.30. The Morgan fingerprint density at radius 2 is 1.90 bits per heavy atom. The minimum Gasteiger partial charge on any atom is -0.463 e. The predicted octanol–water partition coefficient (Wildman–Crippen LogP) is 1.82. The molecule has 0 aliphatic carbocycles. The number of methoxy groups -OCH3 is 1. The number of carbonyl (C=O) groups excluding carboxylic acids is 3. The second-order valence-electron chi connectivity index (χ2n) is 6.32. The quantitative estimate of drug-likeness (QED) is 0.429. The molecule has 1 N–H and O–H groups in total. The van der Waals surface area contributed by atoms with Crippen molar-refractivity contribution in [3.8, 4) is 11.4 Å². The number of carbonyl (C=O) groups is 3. The molecule has 0 saturated heterocycles. The van der Waals surface area contributed by atoms with Gasteiger partial charge in [-0.1, -0.05) is 30.3 Å². The summed E-state index contributed by atoms with van der Waals surface area (Å²) in [6.45, 7) is -3.00. The van der Waals surface area contributed by atoms with Gasteiger partial charge in [-0.3, -0.25) is 9.59 Å². The minimum absolute atomic E-state index is 0.00760. The van der Waals surface area contributed by atoms with Crippen LogP contribution in [0.3, 0.4) is 0 Å². The van der Waals surface area contributed by atoms with Crippen LogP contribution in [-0.4, -0.2) is 50.6 Å². The molecule has 0 saturated carbocycles. The first-order valence-corrected chi connectivity index (χ1v) is 9.01. The van der Waals surface area contributed by atoms with E-state index in [4.69, 9.17) is 0 Å². The van der Waals surface area contributed by atoms with E-state index in [1.807, 2.05) is 0 Å². The summed E-state index contributed by atoms with van der Waals surface area (Å²) in [5.41, 5.74) is 0.446. The molecule has 0 aliphatic rings. The number of benzene rings is 1. The fourth-order valence-electron chi connectivity index (χ4n) is 2.82. The number of alkyl halides is 2. The lowest BCUT2D eigenvalue weighted by Crippen LogP contribution is -2.45. The highest BCUT2D eigenvalue weighted by molar-refractivity contribution is 6.36. The number of halogens is 2. The Labute approximate surface area is 175 Å². The molecule has 2 aromatic heterocycles. The van der Waals surface area contributed by atoms with Gasteiger partial charge in [-0.2, -0.15) is 13.9 Å². The molecule has 0 aliphatic heterocycles. The highest BCUT2D eigenvalue weighted by Crippen LogP contribution is 2.22. The zero-order chi connectivity index (χ0) is 22.4. The van der Waals surface area contributed by atoms with E-state index < -0.39 is 30.3 Å². The molecule has 3 aromatic rings. The molecule has 3 rings (SSSR count). The Hall–Kier alpha value is -4.02. The van der Waals surface area contributed by atoms with Gasteiger partial charge in [0.1, 0.15) is 18.1 Å². The lowest BCUT2D eigenvalue weighted by Gasteiger charge is -2.16. The van der Waals surface area contributed by atoms with Gasteiger partial charge in [0.25, 0.3) is 11.7 Å². The van der Waals surface area contributed by atoms with Crippen molar-refractivity contribution < 1.29 is 27.9 Å². The van der Waals surface area contributed by atoms with E-state index in [1.165, 1.54) is 18.6 Å². The van der Waals surface area contributed by atoms with Crippen LogP contribution in [0.25, 0.3) is 11.4 Å². The van der Waals surface area contributed by atoms with Gasteiger partial charge in [-0.25, -0.2) is 19.4 Å². The summed E-state index contributed by atoms with van der Waals surface area (Å²) < 4.78 is 31.2. The van der Waals surface area contributed by atoms with E-state index in [0.717, 1.165) is 13.3 Å². The summed E-state index contributed by atoms with van der Waals surface area (Å²) >= 11 is 0. The smallest absolute Gasteiger partial charge is 0.376 e. The van der Waals surface area contributed by atoms with Gasteiger partial charge in [-0.05, 0) is 11.6 Å². The Morgan fingerprint density at radius 3 is 2.52 bits per heavy atom. The molecule has 0 spiro atoms. The Kier molecular flexibility index (Phi) is 6.75. The van der Waals surface area contributed by atoms with Crippen molar-refractivity contribution in [1.82, 2.24) is 25.1 Å². The van der Waals surface area contributed by atoms with E-state index in [-0.39, 0.29) is 23.4 Å². The first kappa shape index (κ1) is 21.7. The maximum Gasteiger partial charge on any atom is 0.376 e. The number of hydrogen-bond acceptors (Lipinski definition) is 7. The van der Waals surface area contributed by atoms with Gasteiger partial charge in [0.05, 0.1) is 18.4 Å². The molecule has 2 heterocycles. The van der Waals surface area contributed by atoms with Crippen LogP contribution < -0.4 is 5.32 Å². The number of hydrogen-bond donors (Lipinski definition) is 1. The second-order valence-corrected chi connectivity index (χ2v) is 6.32. The van der Waals surface area contributed by atoms with Gasteiger partial charge in [-0.15, -0.1) is 0 Å². The molecule has 1 aromatic carbocycles. The van der Waals surface area contributed by atoms with Crippen LogP contribution >= 0.6 is 0 Å². The van der Waals surface area contributed by atoms with Crippen LogP contribution in [0.2, 0.25) is 0 Å². The molecule has 160 valence electrons. The van der Waals surface area contributed by atoms with Crippen molar-refractivity contribution in [2.45, 2.75) is 19.0 Å². The molecule has 31 heavy (non-hydrogen) atoms. The van der Waals surface area contributed by atoms with Crippen molar-refractivity contribution in [2.24, 2.45) is 0 Å². The van der Waals surface area contributed by atoms with E-state index >= 15 is 0 Å². The molecule has 0 bridgehead atoms. The largest absolute Gasteiger partial charge is 0.463 e. The van der Waals surface area contributed by atoms with Crippen LogP contribution in [0, 0.1) is 0 Å². The fraction of sp³-hybridized carbons (Fsp3) is 0.200. The Bertz CT molecular complexity index is 1070. The summed E-state index contributed by atoms with van der Waals surface area (Å²) in [7, 11) is 1.04. The third-order valence-corrected chi connectivity index (χ3v) is 4.29. The van der Waals surface area contributed by atoms with Crippen molar-refractivity contribution in [3.63, 3.8) is 0 Å². The SMILES string of the molecule is COC(=O)C(=O)C(Cc1ccccc1)NC(=O)c1cn(C(F)F)nc1-c1ccncn1. The number of nitrogens with one attached hydrogen (secondary N) is 1. The zero-order valence-electron chi connectivity index (χ0n) is 16.2. The number of aromatic nitrogens is 4. The van der Waals surface area contributed by atoms with E-state index in [9.17, 15) is 23.2 Å². The molecule has 9 nitrogen and oxygen atoms in total. The average Bonchev–Trinajstić information content (AvgIpc) is 3.25. The first-order valence-electron chi connectivity index (χ1n) is 9.01. The predicted molar refractivity (Wildman–Crippen MR) is 103 cm³/mol. The van der Waals surface area contributed by atoms with Crippen molar-refractivity contribution >= 4 is 17.7 Å². The zero-order valence-corrected chi connectivity index (χ0v) is 16.2. The van der Waals surface area contributed by atoms with Gasteiger partial charge in [0, 0.05) is 18.8 Å². The summed E-state index contributed by atoms with van der Waals surface area (Å²) in [5, 5.41) is 6.16. The average molecular weight is 429 g/mol. The number of ether oxygens (including phenoxy) is 1. The van der Waals surface area contributed by atoms with Crippen LogP contribution in [0.4, 0.5) is 8.78 Å². The number of ketones is 1. The molecular formula is C20H17F2N5O4. The monoisotopic (exact) mass is 429 g/mol. The van der Waals surface area contributed by atoms with Crippen LogP contribution in [0.15, 0.2) is 55.1 Å². The number of rotatable bonds is 8. The summed E-state index contributed by atoms with van der Waals surface area (Å²) in [5.74, 6) is -3.00. The van der Waals surface area contributed by atoms with Gasteiger partial charge >= 0.3 is 12.5 Å². The first-order chi connectivity index (χ1) is 14.9. The van der Waals surface area contributed by atoms with Crippen molar-refractivity contribution in [3.05, 3.63) is 66.2 Å². The molecular weight excluding hydrogens is 412 g/mol. The molecule has 11 heteroatoms. The minimum atomic E-state index is -3.00. The number of esters is 1. The topological polar surface area (TPSA) is 116 Å². The van der Waals surface area contributed by atoms with Crippen molar-refractivity contribution in [1.29, 1.82) is 0 Å². The van der Waals surface area contributed by atoms with Gasteiger partial charge in [0.15, 0.2) is 0 Å². The molecule has 0 radical (unpaired) electrons. The number of Topliss-reactive ketones (excluding diaryl/α,β-unsaturated/α-hetero) is 1. The highest BCUT2D eigenvalue weighted by atomic mass is 19.3. The summed E-state index contributed by atoms with van der Waals surface area (Å²) in [4.78, 5) is 44.9. The van der Waals surface area contributed by atoms with Crippen LogP contribution in [0.5, 0.6) is 0 Å². The lowest BCUT2D eigenvalue weighted by atomic mass is 10.0. The summed E-state index contributed by atoms with van der Waals surface area (Å²) in [6, 6.07) is 8.78. The fourth-order valence-corrected chi connectivity index (χ4v) is 2.82. The van der Waals surface area contributed by atoms with Crippen molar-refractivity contribution in [2.75, 3.05) is 7.11 Å². The van der Waals surface area contributed by atoms with Crippen LogP contribution in [0.1, 0.15) is 22.5 Å². The second kappa shape index (κ2) is 9.65. The van der Waals surface area contributed by atoms with E-state index in [0.29, 0.717) is 10.2 Å². The maximum atomic E-state index is 13.2. The standard InChI is InChI=1S/C20H17F2N5O4/c1-31-19(30)17(28)15(9-12-5-3-2-4-6-12)25-18(29)13-10-27(20(21)22)26-16(13)14-7-8-23-11-24-14/h2-8,10-11,15,20H,9H2,1H3,(H,25,29).